The molecule has 0 spiro atoms. The van der Waals surface area contributed by atoms with Crippen molar-refractivity contribution in [2.24, 2.45) is 10.9 Å². The molecule has 0 aromatic heterocycles. The maximum Gasteiger partial charge on any atom is 0.326 e. The highest BCUT2D eigenvalue weighted by molar-refractivity contribution is 5.87. The van der Waals surface area contributed by atoms with Gasteiger partial charge in [0.05, 0.1) is 24.7 Å². The molecule has 28 heavy (non-hydrogen) atoms. The molecular weight excluding hydrogens is 358 g/mol. The fourth-order valence-corrected chi connectivity index (χ4v) is 4.26. The van der Waals surface area contributed by atoms with Crippen LogP contribution in [0.4, 0.5) is 0 Å². The summed E-state index contributed by atoms with van der Waals surface area (Å²) in [6, 6.07) is 9.35. The van der Waals surface area contributed by atoms with Gasteiger partial charge in [-0.15, -0.1) is 0 Å². The van der Waals surface area contributed by atoms with Gasteiger partial charge >= 0.3 is 5.97 Å². The number of aliphatic imine (C=N–C) groups is 1. The monoisotopic (exact) mass is 387 g/mol. The van der Waals surface area contributed by atoms with Crippen LogP contribution in [0.15, 0.2) is 35.3 Å². The van der Waals surface area contributed by atoms with E-state index in [1.54, 1.807) is 5.06 Å². The van der Waals surface area contributed by atoms with Gasteiger partial charge in [-0.2, -0.15) is 5.06 Å². The van der Waals surface area contributed by atoms with Gasteiger partial charge in [0.25, 0.3) is 0 Å². The Kier molecular flexibility index (Phi) is 5.16. The number of carbonyl (C=O) groups excluding carboxylic acids is 1. The first kappa shape index (κ1) is 19.4. The number of nitrogens with zero attached hydrogens (tertiary/aromatic N) is 2. The number of morpholine rings is 1. The first-order valence-corrected chi connectivity index (χ1v) is 10.0. The molecule has 152 valence electrons. The number of ether oxygens (including phenoxy) is 2. The van der Waals surface area contributed by atoms with Crippen molar-refractivity contribution < 1.29 is 19.1 Å². The lowest BCUT2D eigenvalue weighted by Crippen LogP contribution is -2.68. The molecule has 0 aliphatic carbocycles. The second-order valence-corrected chi connectivity index (χ2v) is 8.57. The molecule has 5 rings (SSSR count). The molecule has 4 heterocycles. The van der Waals surface area contributed by atoms with Gasteiger partial charge in [0, 0.05) is 12.5 Å². The van der Waals surface area contributed by atoms with E-state index in [9.17, 15) is 4.79 Å². The van der Waals surface area contributed by atoms with Crippen LogP contribution >= 0.6 is 0 Å². The molecule has 7 heteroatoms. The summed E-state index contributed by atoms with van der Waals surface area (Å²) >= 11 is 0. The third-order valence-corrected chi connectivity index (χ3v) is 5.29. The van der Waals surface area contributed by atoms with Crippen molar-refractivity contribution in [1.29, 1.82) is 0 Å². The van der Waals surface area contributed by atoms with Crippen molar-refractivity contribution in [2.45, 2.75) is 64.1 Å². The number of hydroxylamine groups is 2. The van der Waals surface area contributed by atoms with Crippen molar-refractivity contribution in [3.63, 3.8) is 0 Å². The van der Waals surface area contributed by atoms with Gasteiger partial charge in [-0.3, -0.25) is 9.63 Å². The van der Waals surface area contributed by atoms with Crippen LogP contribution in [-0.4, -0.2) is 59.9 Å². The normalized spacial score (nSPS) is 33.6. The molecule has 7 nitrogen and oxygen atoms in total. The Bertz CT molecular complexity index is 746. The van der Waals surface area contributed by atoms with E-state index in [4.69, 9.17) is 19.3 Å². The molecule has 0 unspecified atom stereocenters. The third-order valence-electron chi connectivity index (χ3n) is 5.29. The highest BCUT2D eigenvalue weighted by Gasteiger charge is 2.61. The van der Waals surface area contributed by atoms with Gasteiger partial charge < -0.3 is 14.8 Å². The summed E-state index contributed by atoms with van der Waals surface area (Å²) in [5.74, 6) is 0.316. The Hall–Kier alpha value is -1.96. The average Bonchev–Trinajstić information content (AvgIpc) is 3.02. The zero-order valence-corrected chi connectivity index (χ0v) is 16.9. The van der Waals surface area contributed by atoms with Crippen molar-refractivity contribution in [3.05, 3.63) is 35.9 Å². The quantitative estimate of drug-likeness (QED) is 0.796. The summed E-state index contributed by atoms with van der Waals surface area (Å²) < 4.78 is 11.6. The minimum absolute atomic E-state index is 0.101. The third kappa shape index (κ3) is 3.66. The van der Waals surface area contributed by atoms with E-state index >= 15 is 0 Å². The Morgan fingerprint density at radius 2 is 2.07 bits per heavy atom. The number of hydrogen-bond acceptors (Lipinski definition) is 7. The average molecular weight is 387 g/mol. The van der Waals surface area contributed by atoms with Gasteiger partial charge in [0.15, 0.2) is 0 Å². The minimum Gasteiger partial charge on any atom is -0.472 e. The van der Waals surface area contributed by atoms with Crippen LogP contribution in [0, 0.1) is 5.92 Å². The fourth-order valence-electron chi connectivity index (χ4n) is 4.26. The summed E-state index contributed by atoms with van der Waals surface area (Å²) in [6.07, 6.45) is -0.364. The summed E-state index contributed by atoms with van der Waals surface area (Å²) in [5, 5.41) is 5.28. The first-order chi connectivity index (χ1) is 13.4. The summed E-state index contributed by atoms with van der Waals surface area (Å²) in [6.45, 7) is 9.49. The first-order valence-electron chi connectivity index (χ1n) is 10.0. The van der Waals surface area contributed by atoms with Gasteiger partial charge in [-0.25, -0.2) is 4.99 Å². The zero-order chi connectivity index (χ0) is 19.9. The van der Waals surface area contributed by atoms with Crippen molar-refractivity contribution in [1.82, 2.24) is 10.4 Å². The van der Waals surface area contributed by atoms with Crippen molar-refractivity contribution in [2.75, 3.05) is 13.2 Å². The van der Waals surface area contributed by atoms with Gasteiger partial charge in [0.1, 0.15) is 18.2 Å². The Morgan fingerprint density at radius 3 is 2.75 bits per heavy atom. The molecule has 1 N–H and O–H groups in total. The lowest BCUT2D eigenvalue weighted by Gasteiger charge is -2.46. The number of fused-ring (bicyclic) bond motifs is 2. The van der Waals surface area contributed by atoms with Crippen LogP contribution in [0.2, 0.25) is 0 Å². The highest BCUT2D eigenvalue weighted by Crippen LogP contribution is 2.41. The van der Waals surface area contributed by atoms with Crippen LogP contribution in [0.25, 0.3) is 0 Å². The fraction of sp³-hybridized carbons (Fsp3) is 0.619. The Balaban J connectivity index is 1.65. The molecular formula is C21H29N3O4. The van der Waals surface area contributed by atoms with Gasteiger partial charge in [0.2, 0.25) is 5.90 Å². The van der Waals surface area contributed by atoms with E-state index < -0.39 is 6.04 Å². The summed E-state index contributed by atoms with van der Waals surface area (Å²) in [5.41, 5.74) is 0.826. The van der Waals surface area contributed by atoms with E-state index in [1.165, 1.54) is 0 Å². The number of benzene rings is 1. The smallest absolute Gasteiger partial charge is 0.326 e. The molecule has 4 saturated heterocycles. The SMILES string of the molecule is CCOC(=O)[C@@H]1[C@@H]2[C@H](ON1Cc1ccccc1)[C@H]1CN[C@H]2C(=NC(C)(C)C)O1. The molecule has 5 atom stereocenters. The van der Waals surface area contributed by atoms with Crippen LogP contribution in [0.5, 0.6) is 0 Å². The van der Waals surface area contributed by atoms with Gasteiger partial charge in [-0.1, -0.05) is 30.3 Å². The molecule has 0 amide bonds. The molecule has 0 saturated carbocycles. The summed E-state index contributed by atoms with van der Waals surface area (Å²) in [4.78, 5) is 24.0. The molecule has 0 radical (unpaired) electrons. The molecule has 2 bridgehead atoms. The van der Waals surface area contributed by atoms with Crippen LogP contribution in [0.3, 0.4) is 0 Å². The van der Waals surface area contributed by atoms with Crippen molar-refractivity contribution >= 4 is 11.9 Å². The van der Waals surface area contributed by atoms with E-state index in [1.807, 2.05) is 58.0 Å². The number of hydrogen-bond donors (Lipinski definition) is 1. The predicted octanol–water partition coefficient (Wildman–Crippen LogP) is 1.92. The highest BCUT2D eigenvalue weighted by atomic mass is 16.7. The number of nitrogens with one attached hydrogen (secondary N) is 1. The van der Waals surface area contributed by atoms with E-state index in [-0.39, 0.29) is 35.7 Å². The lowest BCUT2D eigenvalue weighted by molar-refractivity contribution is -0.202. The van der Waals surface area contributed by atoms with Crippen LogP contribution < -0.4 is 5.32 Å². The predicted molar refractivity (Wildman–Crippen MR) is 105 cm³/mol. The zero-order valence-electron chi connectivity index (χ0n) is 16.9. The Labute approximate surface area is 166 Å². The topological polar surface area (TPSA) is 72.4 Å². The lowest BCUT2D eigenvalue weighted by atomic mass is 9.79. The Morgan fingerprint density at radius 1 is 1.32 bits per heavy atom. The van der Waals surface area contributed by atoms with Crippen molar-refractivity contribution in [3.8, 4) is 0 Å². The largest absolute Gasteiger partial charge is 0.472 e. The second-order valence-electron chi connectivity index (χ2n) is 8.57. The molecule has 4 aliphatic rings. The van der Waals surface area contributed by atoms with Crippen LogP contribution in [0.1, 0.15) is 33.3 Å². The van der Waals surface area contributed by atoms with E-state index in [2.05, 4.69) is 5.32 Å². The number of piperidine rings is 1. The van der Waals surface area contributed by atoms with Crippen LogP contribution in [-0.2, 0) is 25.7 Å². The number of carbonyl (C=O) groups is 1. The second kappa shape index (κ2) is 7.46. The maximum absolute atomic E-state index is 12.9. The number of rotatable bonds is 4. The summed E-state index contributed by atoms with van der Waals surface area (Å²) in [7, 11) is 0. The van der Waals surface area contributed by atoms with Gasteiger partial charge in [-0.05, 0) is 33.3 Å². The standard InChI is InChI=1S/C21H29N3O4/c1-5-26-20(25)17-15-16-19(23-21(2,3)4)27-14(11-22-16)18(15)28-24(17)12-13-9-7-6-8-10-13/h6-10,14-18,22H,5,11-12H2,1-4H3/t14-,15-,16-,17+,18-/m1/s1. The minimum atomic E-state index is -0.500. The molecule has 1 aromatic carbocycles. The molecule has 1 aromatic rings. The molecule has 4 aliphatic heterocycles. The van der Waals surface area contributed by atoms with E-state index in [0.29, 0.717) is 25.6 Å². The maximum atomic E-state index is 12.9. The van der Waals surface area contributed by atoms with E-state index in [0.717, 1.165) is 5.56 Å². The molecule has 4 fully saturated rings. The number of esters is 1.